The smallest absolute Gasteiger partial charge is 0.153 e. The van der Waals surface area contributed by atoms with E-state index < -0.39 is 0 Å². The number of aromatic nitrogens is 3. The van der Waals surface area contributed by atoms with Gasteiger partial charge in [0.2, 0.25) is 0 Å². The molecule has 0 aliphatic rings. The Morgan fingerprint density at radius 2 is 1.23 bits per heavy atom. The number of phenols is 1. The van der Waals surface area contributed by atoms with Crippen LogP contribution in [0, 0.1) is 0 Å². The van der Waals surface area contributed by atoms with Crippen LogP contribution in [0.5, 0.6) is 5.75 Å². The number of furan rings is 2. The first-order chi connectivity index (χ1) is 30.9. The van der Waals surface area contributed by atoms with Crippen LogP contribution in [-0.2, 0) is 10.8 Å². The molecular formula is C58H47N3O3. The number of pyridine rings is 1. The predicted molar refractivity (Wildman–Crippen MR) is 262 cm³/mol. The van der Waals surface area contributed by atoms with E-state index in [1.165, 1.54) is 0 Å². The summed E-state index contributed by atoms with van der Waals surface area (Å²) < 4.78 is 14.8. The fourth-order valence-electron chi connectivity index (χ4n) is 9.07. The van der Waals surface area contributed by atoms with Crippen molar-refractivity contribution in [3.63, 3.8) is 0 Å². The van der Waals surface area contributed by atoms with Crippen molar-refractivity contribution in [1.82, 2.24) is 14.5 Å². The van der Waals surface area contributed by atoms with Crippen LogP contribution in [0.1, 0.15) is 52.7 Å². The van der Waals surface area contributed by atoms with Crippen molar-refractivity contribution in [3.05, 3.63) is 181 Å². The van der Waals surface area contributed by atoms with E-state index in [0.29, 0.717) is 17.0 Å². The number of benzene rings is 7. The molecule has 7 aromatic carbocycles. The molecule has 1 N–H and O–H groups in total. The molecule has 0 amide bonds. The van der Waals surface area contributed by atoms with Crippen LogP contribution >= 0.6 is 0 Å². The maximum Gasteiger partial charge on any atom is 0.153 e. The van der Waals surface area contributed by atoms with Gasteiger partial charge in [0.1, 0.15) is 28.5 Å². The third kappa shape index (κ3) is 6.65. The number of imidazole rings is 1. The molecule has 0 aliphatic heterocycles. The molecule has 6 heteroatoms. The lowest BCUT2D eigenvalue weighted by Crippen LogP contribution is -2.17. The van der Waals surface area contributed by atoms with E-state index in [-0.39, 0.29) is 16.6 Å². The molecule has 0 radical (unpaired) electrons. The van der Waals surface area contributed by atoms with Gasteiger partial charge in [-0.05, 0) is 82.1 Å². The van der Waals surface area contributed by atoms with Crippen molar-refractivity contribution in [3.8, 4) is 67.7 Å². The average molecular weight is 834 g/mol. The second-order valence-corrected chi connectivity index (χ2v) is 18.9. The van der Waals surface area contributed by atoms with Gasteiger partial charge < -0.3 is 13.9 Å². The molecule has 4 aromatic heterocycles. The van der Waals surface area contributed by atoms with Crippen LogP contribution in [0.3, 0.4) is 0 Å². The summed E-state index contributed by atoms with van der Waals surface area (Å²) in [6, 6.07) is 56.6. The molecule has 0 fully saturated rings. The Morgan fingerprint density at radius 1 is 0.516 bits per heavy atom. The topological polar surface area (TPSA) is 77.2 Å². The van der Waals surface area contributed by atoms with Crippen molar-refractivity contribution < 1.29 is 13.9 Å². The van der Waals surface area contributed by atoms with Crippen LogP contribution < -0.4 is 0 Å². The van der Waals surface area contributed by atoms with Crippen molar-refractivity contribution in [2.24, 2.45) is 0 Å². The number of phenolic OH excluding ortho intramolecular Hbond substituents is 1. The zero-order valence-corrected chi connectivity index (χ0v) is 36.8. The normalized spacial score (nSPS) is 12.3. The van der Waals surface area contributed by atoms with Gasteiger partial charge in [0, 0.05) is 44.0 Å². The quantitative estimate of drug-likeness (QED) is 0.181. The second-order valence-electron chi connectivity index (χ2n) is 18.9. The standard InChI is InChI=1S/C58H47N3O3/c1-57(2,3)40-32-45(55(62)46(33-40)58(4,5)6)56-60-54-42(22-15-24-49(54)61(56)48-23-12-10-20-41(48)35-16-8-7-9-17-35)36-18-14-19-37(28-36)47-29-39-31-51(64-53(39)34-59-47)38-26-27-44-43-21-11-13-25-50(43)63-52(44)30-38/h7-34,62H,1-6H3. The van der Waals surface area contributed by atoms with Crippen molar-refractivity contribution in [2.75, 3.05) is 0 Å². The van der Waals surface area contributed by atoms with Crippen LogP contribution in [0.2, 0.25) is 0 Å². The van der Waals surface area contributed by atoms with Gasteiger partial charge in [0.15, 0.2) is 5.58 Å². The first kappa shape index (κ1) is 39.2. The number of rotatable bonds is 6. The van der Waals surface area contributed by atoms with Gasteiger partial charge in [0.25, 0.3) is 0 Å². The summed E-state index contributed by atoms with van der Waals surface area (Å²) in [6.45, 7) is 13.1. The van der Waals surface area contributed by atoms with Crippen LogP contribution in [0.25, 0.3) is 106 Å². The zero-order chi connectivity index (χ0) is 43.9. The van der Waals surface area contributed by atoms with E-state index in [1.807, 2.05) is 36.5 Å². The molecule has 0 aliphatic carbocycles. The molecule has 312 valence electrons. The molecule has 0 unspecified atom stereocenters. The monoisotopic (exact) mass is 833 g/mol. The molecule has 11 aromatic rings. The Hall–Kier alpha value is -7.70. The minimum Gasteiger partial charge on any atom is -0.507 e. The Kier molecular flexibility index (Phi) is 9.00. The van der Waals surface area contributed by atoms with Gasteiger partial charge in [-0.1, -0.05) is 151 Å². The Balaban J connectivity index is 1.06. The van der Waals surface area contributed by atoms with Gasteiger partial charge in [0.05, 0.1) is 34.2 Å². The number of fused-ring (bicyclic) bond motifs is 5. The van der Waals surface area contributed by atoms with Crippen molar-refractivity contribution in [1.29, 1.82) is 0 Å². The van der Waals surface area contributed by atoms with Crippen molar-refractivity contribution >= 4 is 43.9 Å². The Bertz CT molecular complexity index is 3590. The molecule has 0 bridgehead atoms. The lowest BCUT2D eigenvalue weighted by Gasteiger charge is -2.27. The highest BCUT2D eigenvalue weighted by Gasteiger charge is 2.29. The Labute approximate surface area is 372 Å². The summed E-state index contributed by atoms with van der Waals surface area (Å²) in [5.74, 6) is 1.68. The number of hydrogen-bond acceptors (Lipinski definition) is 5. The molecule has 0 atom stereocenters. The van der Waals surface area contributed by atoms with Crippen LogP contribution in [0.15, 0.2) is 179 Å². The summed E-state index contributed by atoms with van der Waals surface area (Å²) in [6.07, 6.45) is 1.81. The highest BCUT2D eigenvalue weighted by Crippen LogP contribution is 2.45. The first-order valence-electron chi connectivity index (χ1n) is 21.9. The Morgan fingerprint density at radius 3 is 2.06 bits per heavy atom. The lowest BCUT2D eigenvalue weighted by molar-refractivity contribution is 0.446. The number of hydrogen-bond donors (Lipinski definition) is 1. The minimum atomic E-state index is -0.316. The highest BCUT2D eigenvalue weighted by atomic mass is 16.3. The fraction of sp³-hybridized carbons (Fsp3) is 0.138. The zero-order valence-electron chi connectivity index (χ0n) is 36.8. The summed E-state index contributed by atoms with van der Waals surface area (Å²) in [4.78, 5) is 10.5. The third-order valence-electron chi connectivity index (χ3n) is 12.5. The summed E-state index contributed by atoms with van der Waals surface area (Å²) in [5, 5.41) is 15.5. The highest BCUT2D eigenvalue weighted by molar-refractivity contribution is 6.06. The van der Waals surface area contributed by atoms with E-state index in [0.717, 1.165) is 100 Å². The van der Waals surface area contributed by atoms with Gasteiger partial charge in [-0.2, -0.15) is 0 Å². The number of para-hydroxylation sites is 3. The molecule has 11 rings (SSSR count). The minimum absolute atomic E-state index is 0.175. The van der Waals surface area contributed by atoms with E-state index in [4.69, 9.17) is 18.8 Å². The molecule has 0 spiro atoms. The molecule has 0 saturated carbocycles. The van der Waals surface area contributed by atoms with Gasteiger partial charge in [-0.25, -0.2) is 4.98 Å². The second kappa shape index (κ2) is 14.7. The maximum absolute atomic E-state index is 12.3. The van der Waals surface area contributed by atoms with Gasteiger partial charge in [-0.3, -0.25) is 9.55 Å². The maximum atomic E-state index is 12.3. The van der Waals surface area contributed by atoms with Crippen molar-refractivity contribution in [2.45, 2.75) is 52.4 Å². The number of nitrogens with zero attached hydrogens (tertiary/aromatic N) is 3. The molecule has 0 saturated heterocycles. The van der Waals surface area contributed by atoms with Crippen LogP contribution in [-0.4, -0.2) is 19.6 Å². The van der Waals surface area contributed by atoms with Crippen LogP contribution in [0.4, 0.5) is 0 Å². The first-order valence-corrected chi connectivity index (χ1v) is 21.9. The number of aromatic hydroxyl groups is 1. The largest absolute Gasteiger partial charge is 0.507 e. The third-order valence-corrected chi connectivity index (χ3v) is 12.5. The van der Waals surface area contributed by atoms with Gasteiger partial charge in [-0.15, -0.1) is 0 Å². The lowest BCUT2D eigenvalue weighted by atomic mass is 9.79. The molecule has 6 nitrogen and oxygen atoms in total. The van der Waals surface area contributed by atoms with E-state index >= 15 is 0 Å². The molecule has 4 heterocycles. The van der Waals surface area contributed by atoms with E-state index in [9.17, 15) is 5.11 Å². The van der Waals surface area contributed by atoms with E-state index in [2.05, 4.69) is 180 Å². The molecular weight excluding hydrogens is 787 g/mol. The summed E-state index contributed by atoms with van der Waals surface area (Å²) >= 11 is 0. The summed E-state index contributed by atoms with van der Waals surface area (Å²) in [7, 11) is 0. The predicted octanol–water partition coefficient (Wildman–Crippen LogP) is 15.7. The average Bonchev–Trinajstić information content (AvgIpc) is 4.02. The SMILES string of the molecule is CC(C)(C)c1cc(-c2nc3c(-c4cccc(-c5cc6cc(-c7ccc8c(c7)oc7ccccc78)oc6cn5)c4)cccc3n2-c2ccccc2-c2ccccc2)c(O)c(C(C)(C)C)c1. The van der Waals surface area contributed by atoms with E-state index in [1.54, 1.807) is 0 Å². The summed E-state index contributed by atoms with van der Waals surface area (Å²) in [5.41, 5.74) is 14.3. The van der Waals surface area contributed by atoms with Gasteiger partial charge >= 0.3 is 0 Å². The fourth-order valence-corrected chi connectivity index (χ4v) is 9.07. The molecule has 64 heavy (non-hydrogen) atoms.